The van der Waals surface area contributed by atoms with Crippen molar-refractivity contribution in [2.75, 3.05) is 49.5 Å². The number of benzene rings is 1. The summed E-state index contributed by atoms with van der Waals surface area (Å²) in [5.74, 6) is 1.95. The van der Waals surface area contributed by atoms with E-state index in [9.17, 15) is 14.4 Å². The molecule has 3 aliphatic heterocycles. The average Bonchev–Trinajstić information content (AvgIpc) is 3.30. The molecule has 1 N–H and O–H groups in total. The maximum absolute atomic E-state index is 13.4. The average molecular weight is 503 g/mol. The normalized spacial score (nSPS) is 24.3. The number of para-hydroxylation sites is 1. The summed E-state index contributed by atoms with van der Waals surface area (Å²) in [5.41, 5.74) is 0.204. The van der Waals surface area contributed by atoms with Crippen LogP contribution in [0.4, 0.5) is 10.5 Å². The lowest BCUT2D eigenvalue weighted by molar-refractivity contribution is -0.135. The maximum Gasteiger partial charge on any atom is 0.411 e. The first-order chi connectivity index (χ1) is 16.7. The predicted molar refractivity (Wildman–Crippen MR) is 138 cm³/mol. The molecule has 9 heteroatoms. The molecule has 1 aromatic rings. The molecular weight excluding hydrogens is 464 g/mol. The van der Waals surface area contributed by atoms with Gasteiger partial charge in [0.2, 0.25) is 11.8 Å². The number of carbonyl (C=O) groups is 3. The van der Waals surface area contributed by atoms with Crippen molar-refractivity contribution in [3.8, 4) is 0 Å². The molecule has 3 heterocycles. The number of hydrogen-bond donors (Lipinski definition) is 1. The third-order valence-corrected chi connectivity index (χ3v) is 7.92. The molecule has 0 spiro atoms. The number of thioether (sulfide) groups is 1. The van der Waals surface area contributed by atoms with Crippen LogP contribution in [-0.4, -0.2) is 94.5 Å². The summed E-state index contributed by atoms with van der Waals surface area (Å²) in [6.45, 7) is 9.05. The summed E-state index contributed by atoms with van der Waals surface area (Å²) in [4.78, 5) is 45.1. The van der Waals surface area contributed by atoms with E-state index in [0.29, 0.717) is 13.0 Å². The van der Waals surface area contributed by atoms with E-state index < -0.39 is 17.7 Å². The first-order valence-electron chi connectivity index (χ1n) is 12.7. The summed E-state index contributed by atoms with van der Waals surface area (Å²) in [5, 5.41) is 3.02. The Balaban J connectivity index is 1.38. The zero-order chi connectivity index (χ0) is 25.0. The molecule has 0 aliphatic carbocycles. The molecule has 1 unspecified atom stereocenters. The van der Waals surface area contributed by atoms with Gasteiger partial charge in [-0.1, -0.05) is 18.2 Å². The van der Waals surface area contributed by atoms with Gasteiger partial charge in [0.15, 0.2) is 0 Å². The second kappa shape index (κ2) is 11.2. The number of nitrogens with one attached hydrogen (secondary N) is 1. The highest BCUT2D eigenvalue weighted by molar-refractivity contribution is 7.99. The van der Waals surface area contributed by atoms with Gasteiger partial charge in [0.1, 0.15) is 11.6 Å². The van der Waals surface area contributed by atoms with Crippen LogP contribution in [0.5, 0.6) is 0 Å². The highest BCUT2D eigenvalue weighted by Gasteiger charge is 2.45. The van der Waals surface area contributed by atoms with Crippen LogP contribution < -0.4 is 5.32 Å². The molecule has 3 amide bonds. The van der Waals surface area contributed by atoms with Crippen molar-refractivity contribution in [1.29, 1.82) is 0 Å². The topological polar surface area (TPSA) is 82.2 Å². The summed E-state index contributed by atoms with van der Waals surface area (Å²) >= 11 is 1.86. The molecule has 192 valence electrons. The lowest BCUT2D eigenvalue weighted by Crippen LogP contribution is -2.51. The highest BCUT2D eigenvalue weighted by Crippen LogP contribution is 2.30. The van der Waals surface area contributed by atoms with Gasteiger partial charge in [-0.05, 0) is 65.3 Å². The number of rotatable bonds is 4. The Kier molecular flexibility index (Phi) is 8.27. The number of likely N-dealkylation sites (tertiary alicyclic amines) is 2. The molecule has 0 saturated carbocycles. The zero-order valence-corrected chi connectivity index (χ0v) is 21.9. The first-order valence-corrected chi connectivity index (χ1v) is 13.8. The Morgan fingerprint density at radius 2 is 1.66 bits per heavy atom. The minimum Gasteiger partial charge on any atom is -0.444 e. The summed E-state index contributed by atoms with van der Waals surface area (Å²) in [6.07, 6.45) is 1.73. The van der Waals surface area contributed by atoms with Gasteiger partial charge in [-0.2, -0.15) is 11.8 Å². The van der Waals surface area contributed by atoms with E-state index in [4.69, 9.17) is 4.74 Å². The van der Waals surface area contributed by atoms with Crippen molar-refractivity contribution in [2.24, 2.45) is 5.92 Å². The largest absolute Gasteiger partial charge is 0.444 e. The Hall–Kier alpha value is -2.26. The zero-order valence-electron chi connectivity index (χ0n) is 21.1. The van der Waals surface area contributed by atoms with Crippen LogP contribution >= 0.6 is 11.8 Å². The fraction of sp³-hybridized carbons (Fsp3) is 0.654. The van der Waals surface area contributed by atoms with Crippen molar-refractivity contribution in [3.05, 3.63) is 30.3 Å². The van der Waals surface area contributed by atoms with E-state index in [1.165, 1.54) is 0 Å². The quantitative estimate of drug-likeness (QED) is 0.681. The van der Waals surface area contributed by atoms with Crippen LogP contribution in [0, 0.1) is 5.92 Å². The van der Waals surface area contributed by atoms with E-state index >= 15 is 0 Å². The van der Waals surface area contributed by atoms with Gasteiger partial charge in [-0.15, -0.1) is 0 Å². The molecule has 4 rings (SSSR count). The van der Waals surface area contributed by atoms with E-state index in [-0.39, 0.29) is 23.8 Å². The van der Waals surface area contributed by atoms with Crippen LogP contribution in [0.3, 0.4) is 0 Å². The van der Waals surface area contributed by atoms with Crippen molar-refractivity contribution < 1.29 is 19.1 Å². The number of piperidine rings is 1. The lowest BCUT2D eigenvalue weighted by atomic mass is 9.94. The SMILES string of the molecule is CC(C)(C)OC(=O)N1CC(N2CCC(C(=O)Nc3ccccc3)CC2)C[C@H]1C(=O)N1CCSCC1. The van der Waals surface area contributed by atoms with Gasteiger partial charge in [0.05, 0.1) is 0 Å². The fourth-order valence-electron chi connectivity index (χ4n) is 5.12. The molecule has 2 atom stereocenters. The van der Waals surface area contributed by atoms with Crippen LogP contribution in [0.25, 0.3) is 0 Å². The number of ether oxygens (including phenoxy) is 1. The number of carbonyl (C=O) groups excluding carboxylic acids is 3. The summed E-state index contributed by atoms with van der Waals surface area (Å²) < 4.78 is 5.67. The van der Waals surface area contributed by atoms with Gasteiger partial charge in [-0.25, -0.2) is 4.79 Å². The van der Waals surface area contributed by atoms with Gasteiger partial charge in [0, 0.05) is 48.8 Å². The lowest BCUT2D eigenvalue weighted by Gasteiger charge is -2.35. The summed E-state index contributed by atoms with van der Waals surface area (Å²) in [6, 6.07) is 9.15. The minimum atomic E-state index is -0.616. The van der Waals surface area contributed by atoms with Crippen molar-refractivity contribution >= 4 is 35.4 Å². The van der Waals surface area contributed by atoms with E-state index in [0.717, 1.165) is 56.2 Å². The second-order valence-electron chi connectivity index (χ2n) is 10.6. The van der Waals surface area contributed by atoms with Crippen LogP contribution in [-0.2, 0) is 14.3 Å². The molecule has 0 aromatic heterocycles. The fourth-order valence-corrected chi connectivity index (χ4v) is 6.02. The van der Waals surface area contributed by atoms with Crippen molar-refractivity contribution in [3.63, 3.8) is 0 Å². The Morgan fingerprint density at radius 1 is 1.00 bits per heavy atom. The monoisotopic (exact) mass is 502 g/mol. The minimum absolute atomic E-state index is 0.0295. The molecule has 35 heavy (non-hydrogen) atoms. The van der Waals surface area contributed by atoms with Gasteiger partial charge < -0.3 is 15.0 Å². The number of anilines is 1. The van der Waals surface area contributed by atoms with Crippen LogP contribution in [0.2, 0.25) is 0 Å². The van der Waals surface area contributed by atoms with E-state index in [1.807, 2.05) is 67.8 Å². The molecule has 3 saturated heterocycles. The molecule has 1 aromatic carbocycles. The van der Waals surface area contributed by atoms with E-state index in [2.05, 4.69) is 10.2 Å². The predicted octanol–water partition coefficient (Wildman–Crippen LogP) is 3.29. The van der Waals surface area contributed by atoms with Crippen LogP contribution in [0.15, 0.2) is 30.3 Å². The number of hydrogen-bond acceptors (Lipinski definition) is 6. The van der Waals surface area contributed by atoms with Crippen molar-refractivity contribution in [2.45, 2.75) is 57.7 Å². The molecular formula is C26H38N4O4S. The van der Waals surface area contributed by atoms with Crippen LogP contribution in [0.1, 0.15) is 40.0 Å². The molecule has 0 bridgehead atoms. The molecule has 8 nitrogen and oxygen atoms in total. The van der Waals surface area contributed by atoms with Crippen molar-refractivity contribution in [1.82, 2.24) is 14.7 Å². The maximum atomic E-state index is 13.4. The molecule has 3 fully saturated rings. The Morgan fingerprint density at radius 3 is 2.29 bits per heavy atom. The molecule has 0 radical (unpaired) electrons. The molecule has 3 aliphatic rings. The summed E-state index contributed by atoms with van der Waals surface area (Å²) in [7, 11) is 0. The first kappa shape index (κ1) is 25.8. The third-order valence-electron chi connectivity index (χ3n) is 6.97. The third kappa shape index (κ3) is 6.70. The van der Waals surface area contributed by atoms with E-state index in [1.54, 1.807) is 4.90 Å². The number of amides is 3. The smallest absolute Gasteiger partial charge is 0.411 e. The standard InChI is InChI=1S/C26H38N4O4S/c1-26(2,3)34-25(33)30-18-21(17-22(30)24(32)29-13-15-35-16-14-29)28-11-9-19(10-12-28)23(31)27-20-7-5-4-6-8-20/h4-8,19,21-22H,9-18H2,1-3H3,(H,27,31)/t21?,22-/m0/s1. The van der Waals surface area contributed by atoms with Gasteiger partial charge in [0.25, 0.3) is 0 Å². The van der Waals surface area contributed by atoms with Gasteiger partial charge >= 0.3 is 6.09 Å². The Labute approximate surface area is 212 Å². The number of nitrogens with zero attached hydrogens (tertiary/aromatic N) is 3. The highest BCUT2D eigenvalue weighted by atomic mass is 32.2. The Bertz CT molecular complexity index is 892. The second-order valence-corrected chi connectivity index (χ2v) is 11.9. The van der Waals surface area contributed by atoms with Gasteiger partial charge in [-0.3, -0.25) is 19.4 Å².